The predicted molar refractivity (Wildman–Crippen MR) is 112 cm³/mol. The second-order valence-electron chi connectivity index (χ2n) is 6.91. The summed E-state index contributed by atoms with van der Waals surface area (Å²) >= 11 is 0. The molecular weight excluding hydrogens is 388 g/mol. The summed E-state index contributed by atoms with van der Waals surface area (Å²) in [7, 11) is -2.08. The molecule has 1 aliphatic heterocycles. The van der Waals surface area contributed by atoms with Gasteiger partial charge in [0.25, 0.3) is 5.91 Å². The van der Waals surface area contributed by atoms with Crippen molar-refractivity contribution in [1.82, 2.24) is 9.21 Å². The molecule has 3 aromatic carbocycles. The Morgan fingerprint density at radius 1 is 0.862 bits per heavy atom. The van der Waals surface area contributed by atoms with Crippen molar-refractivity contribution in [2.24, 2.45) is 0 Å². The summed E-state index contributed by atoms with van der Waals surface area (Å²) in [6, 6.07) is 19.9. The van der Waals surface area contributed by atoms with Gasteiger partial charge >= 0.3 is 0 Å². The number of ether oxygens (including phenoxy) is 1. The molecule has 1 saturated heterocycles. The van der Waals surface area contributed by atoms with Crippen molar-refractivity contribution in [2.45, 2.75) is 4.90 Å². The smallest absolute Gasteiger partial charge is 0.257 e. The Morgan fingerprint density at radius 2 is 1.52 bits per heavy atom. The van der Waals surface area contributed by atoms with Crippen molar-refractivity contribution in [3.05, 3.63) is 72.3 Å². The average Bonchev–Trinajstić information content (AvgIpc) is 2.78. The van der Waals surface area contributed by atoms with Gasteiger partial charge in [-0.25, -0.2) is 8.42 Å². The zero-order valence-electron chi connectivity index (χ0n) is 16.1. The first-order valence-electron chi connectivity index (χ1n) is 9.42. The van der Waals surface area contributed by atoms with Gasteiger partial charge in [0.1, 0.15) is 5.75 Å². The largest absolute Gasteiger partial charge is 0.496 e. The van der Waals surface area contributed by atoms with Gasteiger partial charge in [0.2, 0.25) is 10.0 Å². The van der Waals surface area contributed by atoms with E-state index in [0.717, 1.165) is 10.8 Å². The maximum atomic E-state index is 13.1. The van der Waals surface area contributed by atoms with Crippen LogP contribution < -0.4 is 4.74 Å². The Hall–Kier alpha value is -2.90. The van der Waals surface area contributed by atoms with Crippen LogP contribution in [0.15, 0.2) is 71.6 Å². The monoisotopic (exact) mass is 410 g/mol. The first-order valence-corrected chi connectivity index (χ1v) is 10.9. The number of sulfonamides is 1. The zero-order chi connectivity index (χ0) is 20.4. The number of para-hydroxylation sites is 1. The first kappa shape index (κ1) is 19.4. The number of carbonyl (C=O) groups excluding carboxylic acids is 1. The topological polar surface area (TPSA) is 66.9 Å². The molecule has 0 aliphatic carbocycles. The highest BCUT2D eigenvalue weighted by atomic mass is 32.2. The van der Waals surface area contributed by atoms with Gasteiger partial charge in [0, 0.05) is 26.2 Å². The molecule has 29 heavy (non-hydrogen) atoms. The molecule has 1 aliphatic rings. The van der Waals surface area contributed by atoms with Crippen molar-refractivity contribution in [1.29, 1.82) is 0 Å². The number of amides is 1. The fourth-order valence-electron chi connectivity index (χ4n) is 3.60. The Morgan fingerprint density at radius 3 is 2.24 bits per heavy atom. The normalized spacial score (nSPS) is 15.4. The van der Waals surface area contributed by atoms with E-state index in [1.54, 1.807) is 35.2 Å². The third-order valence-electron chi connectivity index (χ3n) is 5.22. The van der Waals surface area contributed by atoms with Crippen LogP contribution in [0.2, 0.25) is 0 Å². The molecule has 0 radical (unpaired) electrons. The fraction of sp³-hybridized carbons (Fsp3) is 0.227. The summed E-state index contributed by atoms with van der Waals surface area (Å²) in [6.07, 6.45) is 0. The highest BCUT2D eigenvalue weighted by Gasteiger charge is 2.31. The molecule has 0 bridgehead atoms. The van der Waals surface area contributed by atoms with Crippen LogP contribution in [0.5, 0.6) is 5.75 Å². The summed E-state index contributed by atoms with van der Waals surface area (Å²) in [4.78, 5) is 14.8. The standard InChI is InChI=1S/C22H22N2O4S/c1-28-21-9-5-4-8-20(21)22(25)23-12-14-24(15-13-23)29(26,27)19-11-10-17-6-2-3-7-18(17)16-19/h2-11,16H,12-15H2,1H3. The molecule has 4 rings (SSSR count). The van der Waals surface area contributed by atoms with E-state index in [1.165, 1.54) is 11.4 Å². The molecule has 0 spiro atoms. The van der Waals surface area contributed by atoms with Gasteiger partial charge in [0.15, 0.2) is 0 Å². The summed E-state index contributed by atoms with van der Waals surface area (Å²) in [5, 5.41) is 1.89. The van der Waals surface area contributed by atoms with Crippen LogP contribution in [0, 0.1) is 0 Å². The van der Waals surface area contributed by atoms with Crippen LogP contribution in [0.25, 0.3) is 10.8 Å². The summed E-state index contributed by atoms with van der Waals surface area (Å²) in [5.74, 6) is 0.369. The van der Waals surface area contributed by atoms with Gasteiger partial charge in [-0.05, 0) is 35.0 Å². The van der Waals surface area contributed by atoms with Crippen LogP contribution in [0.3, 0.4) is 0 Å². The van der Waals surface area contributed by atoms with Crippen LogP contribution in [0.4, 0.5) is 0 Å². The quantitative estimate of drug-likeness (QED) is 0.663. The minimum absolute atomic E-state index is 0.148. The molecule has 3 aromatic rings. The summed E-state index contributed by atoms with van der Waals surface area (Å²) < 4.78 is 32.9. The molecule has 0 atom stereocenters. The Kier molecular flexibility index (Phi) is 5.25. The number of piperazine rings is 1. The number of hydrogen-bond acceptors (Lipinski definition) is 4. The average molecular weight is 410 g/mol. The fourth-order valence-corrected chi connectivity index (χ4v) is 5.06. The van der Waals surface area contributed by atoms with Crippen molar-refractivity contribution in [2.75, 3.05) is 33.3 Å². The van der Waals surface area contributed by atoms with Gasteiger partial charge in [-0.2, -0.15) is 4.31 Å². The molecule has 0 unspecified atom stereocenters. The molecule has 150 valence electrons. The minimum atomic E-state index is -3.61. The number of benzene rings is 3. The van der Waals surface area contributed by atoms with E-state index in [1.807, 2.05) is 36.4 Å². The molecule has 0 aromatic heterocycles. The van der Waals surface area contributed by atoms with Gasteiger partial charge in [0.05, 0.1) is 17.6 Å². The Bertz CT molecular complexity index is 1150. The van der Waals surface area contributed by atoms with Gasteiger partial charge < -0.3 is 9.64 Å². The van der Waals surface area contributed by atoms with Gasteiger partial charge in [-0.3, -0.25) is 4.79 Å². The van der Waals surface area contributed by atoms with Crippen LogP contribution in [-0.2, 0) is 10.0 Å². The number of methoxy groups -OCH3 is 1. The highest BCUT2D eigenvalue weighted by Crippen LogP contribution is 2.24. The van der Waals surface area contributed by atoms with E-state index < -0.39 is 10.0 Å². The number of rotatable bonds is 4. The number of hydrogen-bond donors (Lipinski definition) is 0. The molecule has 7 heteroatoms. The van der Waals surface area contributed by atoms with E-state index in [2.05, 4.69) is 0 Å². The SMILES string of the molecule is COc1ccccc1C(=O)N1CCN(S(=O)(=O)c2ccc3ccccc3c2)CC1. The lowest BCUT2D eigenvalue weighted by Crippen LogP contribution is -2.50. The number of carbonyl (C=O) groups is 1. The number of fused-ring (bicyclic) bond motifs is 1. The predicted octanol–water partition coefficient (Wildman–Crippen LogP) is 3.00. The second-order valence-corrected chi connectivity index (χ2v) is 8.84. The third-order valence-corrected chi connectivity index (χ3v) is 7.12. The number of nitrogens with zero attached hydrogens (tertiary/aromatic N) is 2. The van der Waals surface area contributed by atoms with Gasteiger partial charge in [-0.15, -0.1) is 0 Å². The van der Waals surface area contributed by atoms with Crippen LogP contribution in [-0.4, -0.2) is 56.8 Å². The molecule has 0 saturated carbocycles. The Labute approximate surface area is 170 Å². The molecule has 6 nitrogen and oxygen atoms in total. The van der Waals surface area contributed by atoms with E-state index >= 15 is 0 Å². The lowest BCUT2D eigenvalue weighted by atomic mass is 10.1. The summed E-state index contributed by atoms with van der Waals surface area (Å²) in [5.41, 5.74) is 0.487. The van der Waals surface area contributed by atoms with Crippen LogP contribution >= 0.6 is 0 Å². The minimum Gasteiger partial charge on any atom is -0.496 e. The van der Waals surface area contributed by atoms with E-state index in [4.69, 9.17) is 4.74 Å². The van der Waals surface area contributed by atoms with Crippen LogP contribution in [0.1, 0.15) is 10.4 Å². The van der Waals surface area contributed by atoms with E-state index in [9.17, 15) is 13.2 Å². The van der Waals surface area contributed by atoms with Crippen molar-refractivity contribution < 1.29 is 17.9 Å². The summed E-state index contributed by atoms with van der Waals surface area (Å²) in [6.45, 7) is 1.19. The molecule has 1 fully saturated rings. The molecule has 0 N–H and O–H groups in total. The van der Waals surface area contributed by atoms with Crippen molar-refractivity contribution >= 4 is 26.7 Å². The maximum Gasteiger partial charge on any atom is 0.257 e. The first-order chi connectivity index (χ1) is 14.0. The lowest BCUT2D eigenvalue weighted by Gasteiger charge is -2.34. The highest BCUT2D eigenvalue weighted by molar-refractivity contribution is 7.89. The van der Waals surface area contributed by atoms with Gasteiger partial charge in [-0.1, -0.05) is 42.5 Å². The third kappa shape index (κ3) is 3.71. The van der Waals surface area contributed by atoms with E-state index in [0.29, 0.717) is 24.4 Å². The maximum absolute atomic E-state index is 13.1. The lowest BCUT2D eigenvalue weighted by molar-refractivity contribution is 0.0694. The van der Waals surface area contributed by atoms with E-state index in [-0.39, 0.29) is 23.9 Å². The van der Waals surface area contributed by atoms with Crippen molar-refractivity contribution in [3.8, 4) is 5.75 Å². The Balaban J connectivity index is 1.50. The molecule has 1 amide bonds. The zero-order valence-corrected chi connectivity index (χ0v) is 16.9. The molecular formula is C22H22N2O4S. The second kappa shape index (κ2) is 7.85. The van der Waals surface area contributed by atoms with Crippen molar-refractivity contribution in [3.63, 3.8) is 0 Å². The molecule has 1 heterocycles.